The molecule has 2 aliphatic heterocycles. The zero-order valence-electron chi connectivity index (χ0n) is 27.3. The maximum Gasteiger partial charge on any atom is 0.407 e. The Morgan fingerprint density at radius 3 is 2.67 bits per heavy atom. The molecule has 0 spiro atoms. The fraction of sp³-hybridized carbons (Fsp3) is 0.588. The number of aliphatic hydroxyl groups is 1. The van der Waals surface area contributed by atoms with Gasteiger partial charge in [-0.3, -0.25) is 0 Å². The zero-order valence-corrected chi connectivity index (χ0v) is 29.0. The number of sulfonamides is 1. The molecule has 2 aromatic carbocycles. The molecular formula is C34H45FN4O7S2. The van der Waals surface area contributed by atoms with Crippen molar-refractivity contribution in [2.24, 2.45) is 17.8 Å². The number of hydrogen-bond donors (Lipinski definition) is 3. The summed E-state index contributed by atoms with van der Waals surface area (Å²) in [6.45, 7) is 5.09. The number of benzene rings is 2. The number of nitrogens with one attached hydrogen (secondary N) is 2. The molecule has 3 aromatic rings. The van der Waals surface area contributed by atoms with E-state index in [0.717, 1.165) is 35.5 Å². The third-order valence-electron chi connectivity index (χ3n) is 9.16. The van der Waals surface area contributed by atoms with Gasteiger partial charge < -0.3 is 30.0 Å². The number of alkyl carbamates (subject to hydrolysis) is 1. The normalized spacial score (nSPS) is 22.5. The van der Waals surface area contributed by atoms with Crippen LogP contribution >= 0.6 is 11.3 Å². The van der Waals surface area contributed by atoms with E-state index >= 15 is 0 Å². The second-order valence-corrected chi connectivity index (χ2v) is 16.4. The fourth-order valence-corrected chi connectivity index (χ4v) is 9.21. The fourth-order valence-electron chi connectivity index (χ4n) is 6.51. The maximum atomic E-state index is 14.1. The van der Waals surface area contributed by atoms with Gasteiger partial charge in [-0.1, -0.05) is 37.3 Å². The number of anilines is 1. The van der Waals surface area contributed by atoms with Gasteiger partial charge in [0.2, 0.25) is 10.0 Å². The molecule has 0 radical (unpaired) electrons. The van der Waals surface area contributed by atoms with Gasteiger partial charge in [0.05, 0.1) is 47.1 Å². The second-order valence-electron chi connectivity index (χ2n) is 13.5. The molecular weight excluding hydrogens is 660 g/mol. The Morgan fingerprint density at radius 2 is 1.92 bits per heavy atom. The van der Waals surface area contributed by atoms with E-state index in [2.05, 4.69) is 15.6 Å². The summed E-state index contributed by atoms with van der Waals surface area (Å²) in [6.07, 6.45) is 2.44. The van der Waals surface area contributed by atoms with Gasteiger partial charge in [-0.15, -0.1) is 0 Å². The first-order valence-electron chi connectivity index (χ1n) is 16.8. The summed E-state index contributed by atoms with van der Waals surface area (Å²) in [7, 11) is -4.05. The summed E-state index contributed by atoms with van der Waals surface area (Å²) in [6, 6.07) is 10.2. The van der Waals surface area contributed by atoms with E-state index in [9.17, 15) is 22.7 Å². The standard InChI is InChI=1S/C34H45FN4O7S2/c1-21(2)19-39(48(42,43)26-8-9-28-31(18-26)47-33(37-28)36-25-6-7-25)20-30(40)29(17-22-4-3-5-24(35)16-22)38-34(41)46-14-11-23-10-13-44-32-27(23)12-15-45-32/h3-5,8-9,16,18,21,23,25,27,29-30,32,40H,6-7,10-15,17,19-20H2,1-2H3,(H,36,37)(H,38,41)/t23-,27+,29-,30+,32+/m0/s1. The minimum Gasteiger partial charge on any atom is -0.450 e. The Hall–Kier alpha value is -2.88. The van der Waals surface area contributed by atoms with Gasteiger partial charge in [-0.2, -0.15) is 4.31 Å². The van der Waals surface area contributed by atoms with Crippen LogP contribution in [0.2, 0.25) is 0 Å². The molecule has 6 rings (SSSR count). The number of hydrogen-bond acceptors (Lipinski definition) is 10. The Balaban J connectivity index is 1.15. The van der Waals surface area contributed by atoms with E-state index < -0.39 is 34.1 Å². The summed E-state index contributed by atoms with van der Waals surface area (Å²) in [5.41, 5.74) is 1.25. The van der Waals surface area contributed by atoms with Crippen LogP contribution in [0.15, 0.2) is 47.4 Å². The molecule has 3 heterocycles. The van der Waals surface area contributed by atoms with Gasteiger partial charge >= 0.3 is 6.09 Å². The molecule has 14 heteroatoms. The second kappa shape index (κ2) is 15.3. The van der Waals surface area contributed by atoms with Crippen molar-refractivity contribution in [2.45, 2.75) is 81.7 Å². The molecule has 11 nitrogen and oxygen atoms in total. The van der Waals surface area contributed by atoms with Crippen molar-refractivity contribution in [1.29, 1.82) is 0 Å². The van der Waals surface area contributed by atoms with Crippen molar-refractivity contribution in [3.8, 4) is 0 Å². The molecule has 0 unspecified atom stereocenters. The van der Waals surface area contributed by atoms with Crippen molar-refractivity contribution in [2.75, 3.05) is 38.2 Å². The third-order valence-corrected chi connectivity index (χ3v) is 11.9. The molecule has 48 heavy (non-hydrogen) atoms. The van der Waals surface area contributed by atoms with Crippen LogP contribution in [-0.2, 0) is 30.7 Å². The molecule has 3 fully saturated rings. The Kier molecular flexibility index (Phi) is 11.2. The number of thiazole rings is 1. The average Bonchev–Trinajstić information content (AvgIpc) is 3.55. The molecule has 1 amide bonds. The molecule has 2 saturated heterocycles. The summed E-state index contributed by atoms with van der Waals surface area (Å²) in [4.78, 5) is 17.7. The third kappa shape index (κ3) is 8.82. The highest BCUT2D eigenvalue weighted by Gasteiger charge is 2.38. The average molecular weight is 705 g/mol. The van der Waals surface area contributed by atoms with E-state index in [4.69, 9.17) is 14.2 Å². The van der Waals surface area contributed by atoms with Crippen LogP contribution in [0.4, 0.5) is 14.3 Å². The number of ether oxygens (including phenoxy) is 3. The van der Waals surface area contributed by atoms with Crippen LogP contribution in [0.1, 0.15) is 51.5 Å². The van der Waals surface area contributed by atoms with E-state index in [1.54, 1.807) is 24.3 Å². The number of halogens is 1. The minimum absolute atomic E-state index is 0.0527. The number of amides is 1. The van der Waals surface area contributed by atoms with Crippen LogP contribution in [-0.4, -0.2) is 86.3 Å². The lowest BCUT2D eigenvalue weighted by atomic mass is 9.84. The lowest BCUT2D eigenvalue weighted by molar-refractivity contribution is -0.167. The summed E-state index contributed by atoms with van der Waals surface area (Å²) in [5.74, 6) is 0.0860. The number of aliphatic hydroxyl groups excluding tert-OH is 1. The van der Waals surface area contributed by atoms with Gasteiger partial charge in [0.15, 0.2) is 11.4 Å². The molecule has 0 bridgehead atoms. The lowest BCUT2D eigenvalue weighted by Gasteiger charge is -2.32. The SMILES string of the molecule is CC(C)CN(C[C@@H](O)[C@H](Cc1cccc(F)c1)NC(=O)OCC[C@@H]1CCO[C@@H]2OCC[C@H]12)S(=O)(=O)c1ccc2nc(NC3CC3)sc2c1. The molecule has 1 saturated carbocycles. The first kappa shape index (κ1) is 35.0. The number of carbonyl (C=O) groups excluding carboxylic acids is 1. The maximum absolute atomic E-state index is 14.1. The molecule has 3 N–H and O–H groups in total. The van der Waals surface area contributed by atoms with Crippen molar-refractivity contribution in [1.82, 2.24) is 14.6 Å². The quantitative estimate of drug-likeness (QED) is 0.196. The number of aromatic nitrogens is 1. The topological polar surface area (TPSA) is 139 Å². The smallest absolute Gasteiger partial charge is 0.407 e. The van der Waals surface area contributed by atoms with E-state index in [0.29, 0.717) is 42.7 Å². The van der Waals surface area contributed by atoms with Gasteiger partial charge in [0, 0.05) is 25.0 Å². The van der Waals surface area contributed by atoms with Crippen LogP contribution in [0, 0.1) is 23.6 Å². The Morgan fingerprint density at radius 1 is 1.12 bits per heavy atom. The van der Waals surface area contributed by atoms with Crippen LogP contribution in [0.3, 0.4) is 0 Å². The number of nitrogens with zero attached hydrogens (tertiary/aromatic N) is 2. The summed E-state index contributed by atoms with van der Waals surface area (Å²) < 4.78 is 61.1. The molecule has 1 aliphatic carbocycles. The molecule has 1 aromatic heterocycles. The Labute approximate surface area is 285 Å². The van der Waals surface area contributed by atoms with Gasteiger partial charge in [0.25, 0.3) is 0 Å². The highest BCUT2D eigenvalue weighted by atomic mass is 32.2. The molecule has 3 aliphatic rings. The van der Waals surface area contributed by atoms with Crippen LogP contribution in [0.5, 0.6) is 0 Å². The highest BCUT2D eigenvalue weighted by molar-refractivity contribution is 7.89. The summed E-state index contributed by atoms with van der Waals surface area (Å²) >= 11 is 1.41. The summed E-state index contributed by atoms with van der Waals surface area (Å²) in [5, 5.41) is 18.4. The van der Waals surface area contributed by atoms with E-state index in [1.807, 2.05) is 13.8 Å². The minimum atomic E-state index is -4.05. The predicted octanol–water partition coefficient (Wildman–Crippen LogP) is 5.14. The van der Waals surface area contributed by atoms with Gasteiger partial charge in [-0.05, 0) is 86.3 Å². The predicted molar refractivity (Wildman–Crippen MR) is 181 cm³/mol. The lowest BCUT2D eigenvalue weighted by Crippen LogP contribution is -2.51. The van der Waals surface area contributed by atoms with Gasteiger partial charge in [0.1, 0.15) is 5.82 Å². The highest BCUT2D eigenvalue weighted by Crippen LogP contribution is 2.37. The van der Waals surface area contributed by atoms with E-state index in [-0.39, 0.29) is 49.1 Å². The Bertz CT molecular complexity index is 1670. The van der Waals surface area contributed by atoms with Crippen LogP contribution in [0.25, 0.3) is 10.2 Å². The first-order valence-corrected chi connectivity index (χ1v) is 19.1. The first-order chi connectivity index (χ1) is 23.0. The van der Waals surface area contributed by atoms with Crippen molar-refractivity contribution >= 4 is 42.8 Å². The molecule has 262 valence electrons. The number of fused-ring (bicyclic) bond motifs is 2. The zero-order chi connectivity index (χ0) is 33.8. The largest absolute Gasteiger partial charge is 0.450 e. The number of carbonyl (C=O) groups is 1. The van der Waals surface area contributed by atoms with Crippen molar-refractivity contribution in [3.63, 3.8) is 0 Å². The van der Waals surface area contributed by atoms with Crippen LogP contribution < -0.4 is 10.6 Å². The number of rotatable bonds is 15. The molecule has 5 atom stereocenters. The van der Waals surface area contributed by atoms with Gasteiger partial charge in [-0.25, -0.2) is 22.6 Å². The van der Waals surface area contributed by atoms with Crippen molar-refractivity contribution in [3.05, 3.63) is 53.8 Å². The monoisotopic (exact) mass is 704 g/mol. The van der Waals surface area contributed by atoms with Crippen molar-refractivity contribution < 1.29 is 36.9 Å². The van der Waals surface area contributed by atoms with E-state index in [1.165, 1.54) is 33.8 Å².